The normalized spacial score (nSPS) is 14.3. The molecule has 3 nitrogen and oxygen atoms in total. The predicted molar refractivity (Wildman–Crippen MR) is 60.2 cm³/mol. The van der Waals surface area contributed by atoms with Crippen LogP contribution in [-0.4, -0.2) is 25.0 Å². The fraction of sp³-hybridized carbons (Fsp3) is 0.364. The molecule has 1 aliphatic rings. The van der Waals surface area contributed by atoms with Crippen LogP contribution in [0, 0.1) is 0 Å². The molecule has 0 atom stereocenters. The molecule has 0 aromatic heterocycles. The largest absolute Gasteiger partial charge is 0.465 e. The van der Waals surface area contributed by atoms with Crippen LogP contribution in [0.25, 0.3) is 0 Å². The van der Waals surface area contributed by atoms with Crippen molar-refractivity contribution in [2.45, 2.75) is 13.1 Å². The van der Waals surface area contributed by atoms with Gasteiger partial charge in [-0.15, -0.1) is 12.4 Å². The highest BCUT2D eigenvalue weighted by Crippen LogP contribution is 2.22. The second-order valence-electron chi connectivity index (χ2n) is 3.65. The summed E-state index contributed by atoms with van der Waals surface area (Å²) in [6.07, 6.45) is 0. The van der Waals surface area contributed by atoms with Gasteiger partial charge in [-0.3, -0.25) is 4.90 Å². The Kier molecular flexibility index (Phi) is 3.72. The van der Waals surface area contributed by atoms with E-state index in [1.807, 2.05) is 18.2 Å². The Balaban J connectivity index is 0.00000112. The number of halogens is 1. The van der Waals surface area contributed by atoms with Crippen LogP contribution in [0.4, 0.5) is 0 Å². The lowest BCUT2D eigenvalue weighted by atomic mass is 10.1. The molecule has 0 aliphatic carbocycles. The van der Waals surface area contributed by atoms with Gasteiger partial charge in [-0.1, -0.05) is 6.07 Å². The Morgan fingerprint density at radius 1 is 1.33 bits per heavy atom. The number of ether oxygens (including phenoxy) is 1. The first kappa shape index (κ1) is 12.0. The Morgan fingerprint density at radius 2 is 2.00 bits per heavy atom. The van der Waals surface area contributed by atoms with E-state index in [1.165, 1.54) is 18.2 Å². The van der Waals surface area contributed by atoms with Gasteiger partial charge < -0.3 is 4.74 Å². The fourth-order valence-corrected chi connectivity index (χ4v) is 1.81. The summed E-state index contributed by atoms with van der Waals surface area (Å²) in [5.74, 6) is -0.262. The molecule has 0 unspecified atom stereocenters. The van der Waals surface area contributed by atoms with E-state index < -0.39 is 0 Å². The molecule has 0 bridgehead atoms. The standard InChI is InChI=1S/C11H13NO2.ClH/c1-12-6-9-4-3-8(11(13)14-2)5-10(9)7-12;/h3-5H,6-7H2,1-2H3;1H. The fourth-order valence-electron chi connectivity index (χ4n) is 1.81. The summed E-state index contributed by atoms with van der Waals surface area (Å²) in [6.45, 7) is 1.89. The molecule has 1 aromatic rings. The van der Waals surface area contributed by atoms with Crippen molar-refractivity contribution in [2.75, 3.05) is 14.2 Å². The van der Waals surface area contributed by atoms with E-state index in [2.05, 4.69) is 16.7 Å². The molecule has 1 heterocycles. The smallest absolute Gasteiger partial charge is 0.337 e. The Hall–Kier alpha value is -1.06. The average Bonchev–Trinajstić information content (AvgIpc) is 2.55. The molecule has 0 spiro atoms. The van der Waals surface area contributed by atoms with Crippen LogP contribution in [0.5, 0.6) is 0 Å². The van der Waals surface area contributed by atoms with Gasteiger partial charge in [0.15, 0.2) is 0 Å². The number of esters is 1. The van der Waals surface area contributed by atoms with Gasteiger partial charge in [0.25, 0.3) is 0 Å². The summed E-state index contributed by atoms with van der Waals surface area (Å²) in [5.41, 5.74) is 3.18. The van der Waals surface area contributed by atoms with Crippen molar-refractivity contribution in [3.63, 3.8) is 0 Å². The van der Waals surface area contributed by atoms with Gasteiger partial charge in [0.05, 0.1) is 12.7 Å². The van der Waals surface area contributed by atoms with Crippen molar-refractivity contribution in [3.05, 3.63) is 34.9 Å². The van der Waals surface area contributed by atoms with Crippen molar-refractivity contribution in [2.24, 2.45) is 0 Å². The highest BCUT2D eigenvalue weighted by molar-refractivity contribution is 5.89. The molecule has 2 rings (SSSR count). The second-order valence-corrected chi connectivity index (χ2v) is 3.65. The van der Waals surface area contributed by atoms with Crippen LogP contribution in [0.1, 0.15) is 21.5 Å². The van der Waals surface area contributed by atoms with Crippen molar-refractivity contribution < 1.29 is 9.53 Å². The highest BCUT2D eigenvalue weighted by atomic mass is 35.5. The Bertz CT molecular complexity index is 379. The summed E-state index contributed by atoms with van der Waals surface area (Å²) >= 11 is 0. The maximum absolute atomic E-state index is 11.3. The lowest BCUT2D eigenvalue weighted by Crippen LogP contribution is -2.07. The molecule has 0 N–H and O–H groups in total. The number of methoxy groups -OCH3 is 1. The molecule has 0 fully saturated rings. The zero-order valence-electron chi connectivity index (χ0n) is 8.82. The molecule has 0 saturated carbocycles. The number of hydrogen-bond donors (Lipinski definition) is 0. The third-order valence-corrected chi connectivity index (χ3v) is 2.51. The third kappa shape index (κ3) is 2.30. The van der Waals surface area contributed by atoms with Crippen LogP contribution < -0.4 is 0 Å². The number of fused-ring (bicyclic) bond motifs is 1. The Morgan fingerprint density at radius 3 is 2.67 bits per heavy atom. The van der Waals surface area contributed by atoms with E-state index in [-0.39, 0.29) is 18.4 Å². The van der Waals surface area contributed by atoms with Gasteiger partial charge in [-0.25, -0.2) is 4.79 Å². The van der Waals surface area contributed by atoms with Crippen LogP contribution >= 0.6 is 12.4 Å². The number of carbonyl (C=O) groups excluding carboxylic acids is 1. The van der Waals surface area contributed by atoms with Crippen LogP contribution in [0.15, 0.2) is 18.2 Å². The highest BCUT2D eigenvalue weighted by Gasteiger charge is 2.17. The minimum atomic E-state index is -0.262. The molecule has 1 aromatic carbocycles. The van der Waals surface area contributed by atoms with Crippen LogP contribution in [-0.2, 0) is 17.8 Å². The van der Waals surface area contributed by atoms with E-state index in [9.17, 15) is 4.79 Å². The van der Waals surface area contributed by atoms with Crippen molar-refractivity contribution in [3.8, 4) is 0 Å². The first-order valence-electron chi connectivity index (χ1n) is 4.59. The van der Waals surface area contributed by atoms with Crippen molar-refractivity contribution in [1.29, 1.82) is 0 Å². The van der Waals surface area contributed by atoms with E-state index in [0.717, 1.165) is 13.1 Å². The van der Waals surface area contributed by atoms with Gasteiger partial charge in [0.2, 0.25) is 0 Å². The van der Waals surface area contributed by atoms with E-state index in [1.54, 1.807) is 0 Å². The number of hydrogen-bond acceptors (Lipinski definition) is 3. The second kappa shape index (κ2) is 4.64. The van der Waals surface area contributed by atoms with Gasteiger partial charge >= 0.3 is 5.97 Å². The minimum Gasteiger partial charge on any atom is -0.465 e. The number of carbonyl (C=O) groups is 1. The lowest BCUT2D eigenvalue weighted by molar-refractivity contribution is 0.0600. The number of nitrogens with zero attached hydrogens (tertiary/aromatic N) is 1. The molecule has 0 amide bonds. The molecule has 82 valence electrons. The quantitative estimate of drug-likeness (QED) is 0.686. The lowest BCUT2D eigenvalue weighted by Gasteiger charge is -2.02. The van der Waals surface area contributed by atoms with Gasteiger partial charge in [-0.05, 0) is 30.3 Å². The molecular weight excluding hydrogens is 214 g/mol. The molecule has 0 saturated heterocycles. The summed E-state index contributed by atoms with van der Waals surface area (Å²) in [4.78, 5) is 13.5. The predicted octanol–water partition coefficient (Wildman–Crippen LogP) is 1.84. The summed E-state index contributed by atoms with van der Waals surface area (Å²) < 4.78 is 4.67. The van der Waals surface area contributed by atoms with E-state index in [0.29, 0.717) is 5.56 Å². The van der Waals surface area contributed by atoms with Gasteiger partial charge in [0, 0.05) is 13.1 Å². The zero-order valence-corrected chi connectivity index (χ0v) is 9.63. The van der Waals surface area contributed by atoms with Crippen LogP contribution in [0.3, 0.4) is 0 Å². The maximum atomic E-state index is 11.3. The topological polar surface area (TPSA) is 29.5 Å². The molecule has 15 heavy (non-hydrogen) atoms. The average molecular weight is 228 g/mol. The van der Waals surface area contributed by atoms with Crippen molar-refractivity contribution in [1.82, 2.24) is 4.90 Å². The Labute approximate surface area is 95.4 Å². The maximum Gasteiger partial charge on any atom is 0.337 e. The minimum absolute atomic E-state index is 0. The van der Waals surface area contributed by atoms with Gasteiger partial charge in [-0.2, -0.15) is 0 Å². The molecule has 4 heteroatoms. The molecule has 1 aliphatic heterocycles. The molecular formula is C11H14ClNO2. The zero-order chi connectivity index (χ0) is 10.1. The third-order valence-electron chi connectivity index (χ3n) is 2.51. The van der Waals surface area contributed by atoms with Gasteiger partial charge in [0.1, 0.15) is 0 Å². The van der Waals surface area contributed by atoms with E-state index in [4.69, 9.17) is 0 Å². The molecule has 0 radical (unpaired) electrons. The van der Waals surface area contributed by atoms with Crippen LogP contribution in [0.2, 0.25) is 0 Å². The van der Waals surface area contributed by atoms with E-state index >= 15 is 0 Å². The van der Waals surface area contributed by atoms with Crippen molar-refractivity contribution >= 4 is 18.4 Å². The number of rotatable bonds is 1. The monoisotopic (exact) mass is 227 g/mol. The first-order valence-corrected chi connectivity index (χ1v) is 4.59. The summed E-state index contributed by atoms with van der Waals surface area (Å²) in [7, 11) is 3.47. The summed E-state index contributed by atoms with van der Waals surface area (Å²) in [6, 6.07) is 5.75. The first-order chi connectivity index (χ1) is 6.70. The number of benzene rings is 1. The summed E-state index contributed by atoms with van der Waals surface area (Å²) in [5, 5.41) is 0. The SMILES string of the molecule is COC(=O)c1ccc2c(c1)CN(C)C2.Cl.